The highest BCUT2D eigenvalue weighted by Crippen LogP contribution is 2.21. The molecule has 0 aromatic heterocycles. The van der Waals surface area contributed by atoms with Crippen LogP contribution in [0.15, 0.2) is 18.2 Å². The van der Waals surface area contributed by atoms with Crippen LogP contribution < -0.4 is 10.1 Å². The fourth-order valence-corrected chi connectivity index (χ4v) is 1.61. The maximum absolute atomic E-state index is 10.9. The summed E-state index contributed by atoms with van der Waals surface area (Å²) in [7, 11) is 0.744. The fraction of sp³-hybridized carbons (Fsp3) is 0.364. The van der Waals surface area contributed by atoms with Gasteiger partial charge in [0.1, 0.15) is 11.8 Å². The van der Waals surface area contributed by atoms with Crippen LogP contribution in [0.2, 0.25) is 0 Å². The lowest BCUT2D eigenvalue weighted by Crippen LogP contribution is -2.10. The van der Waals surface area contributed by atoms with E-state index in [1.54, 1.807) is 31.6 Å². The van der Waals surface area contributed by atoms with Crippen LogP contribution in [0.25, 0.3) is 0 Å². The minimum absolute atomic E-state index is 0.558. The van der Waals surface area contributed by atoms with Crippen LogP contribution >= 0.6 is 0 Å². The van der Waals surface area contributed by atoms with Crippen LogP contribution in [-0.2, 0) is 10.8 Å². The van der Waals surface area contributed by atoms with Gasteiger partial charge in [-0.05, 0) is 12.1 Å². The summed E-state index contributed by atoms with van der Waals surface area (Å²) in [5, 5.41) is 12.0. The van der Waals surface area contributed by atoms with Crippen LogP contribution in [0.5, 0.6) is 5.75 Å². The highest BCUT2D eigenvalue weighted by Gasteiger charge is 2.03. The Morgan fingerprint density at radius 3 is 2.88 bits per heavy atom. The molecule has 0 heterocycles. The molecule has 0 amide bonds. The Morgan fingerprint density at radius 1 is 1.56 bits per heavy atom. The Balaban J connectivity index is 2.76. The van der Waals surface area contributed by atoms with Crippen LogP contribution in [0.3, 0.4) is 0 Å². The number of rotatable bonds is 5. The van der Waals surface area contributed by atoms with Crippen molar-refractivity contribution < 1.29 is 8.95 Å². The van der Waals surface area contributed by atoms with Gasteiger partial charge in [-0.1, -0.05) is 0 Å². The topological polar surface area (TPSA) is 62.1 Å². The van der Waals surface area contributed by atoms with Gasteiger partial charge in [-0.2, -0.15) is 5.26 Å². The average molecular weight is 238 g/mol. The van der Waals surface area contributed by atoms with Gasteiger partial charge in [0.15, 0.2) is 0 Å². The summed E-state index contributed by atoms with van der Waals surface area (Å²) in [4.78, 5) is 0. The number of ether oxygens (including phenoxy) is 1. The first-order valence-corrected chi connectivity index (χ1v) is 6.52. The zero-order chi connectivity index (χ0) is 12.0. The van der Waals surface area contributed by atoms with Crippen molar-refractivity contribution in [2.75, 3.05) is 31.0 Å². The van der Waals surface area contributed by atoms with E-state index in [1.165, 1.54) is 0 Å². The van der Waals surface area contributed by atoms with Crippen molar-refractivity contribution in [1.29, 1.82) is 5.26 Å². The third-order valence-electron chi connectivity index (χ3n) is 2.05. The molecule has 1 N–H and O–H groups in total. The van der Waals surface area contributed by atoms with Gasteiger partial charge in [-0.3, -0.25) is 4.21 Å². The van der Waals surface area contributed by atoms with Crippen molar-refractivity contribution in [2.45, 2.75) is 0 Å². The normalized spacial score (nSPS) is 11.6. The molecule has 86 valence electrons. The van der Waals surface area contributed by atoms with Gasteiger partial charge >= 0.3 is 0 Å². The molecule has 0 spiro atoms. The summed E-state index contributed by atoms with van der Waals surface area (Å²) in [6.07, 6.45) is 1.65. The van der Waals surface area contributed by atoms with Crippen molar-refractivity contribution in [3.8, 4) is 11.8 Å². The maximum atomic E-state index is 10.9. The van der Waals surface area contributed by atoms with E-state index in [4.69, 9.17) is 10.00 Å². The van der Waals surface area contributed by atoms with Gasteiger partial charge < -0.3 is 10.1 Å². The second kappa shape index (κ2) is 6.13. The molecule has 0 radical (unpaired) electrons. The molecule has 1 aromatic rings. The standard InChI is InChI=1S/C11H14N2O2S/c1-15-10-4-3-9(8-12)11(7-10)13-5-6-16(2)14/h3-4,7,13H,5-6H2,1-2H3. The summed E-state index contributed by atoms with van der Waals surface area (Å²) < 4.78 is 16.0. The molecule has 0 bridgehead atoms. The van der Waals surface area contributed by atoms with Gasteiger partial charge in [0.2, 0.25) is 0 Å². The first-order chi connectivity index (χ1) is 7.67. The van der Waals surface area contributed by atoms with Gasteiger partial charge in [-0.25, -0.2) is 0 Å². The number of hydrogen-bond donors (Lipinski definition) is 1. The molecule has 0 aliphatic carbocycles. The van der Waals surface area contributed by atoms with E-state index in [2.05, 4.69) is 11.4 Å². The van der Waals surface area contributed by atoms with Crippen molar-refractivity contribution in [1.82, 2.24) is 0 Å². The van der Waals surface area contributed by atoms with Gasteiger partial charge in [0, 0.05) is 35.4 Å². The van der Waals surface area contributed by atoms with Crippen LogP contribution in [0.4, 0.5) is 5.69 Å². The Hall–Kier alpha value is -1.54. The molecule has 5 heteroatoms. The SMILES string of the molecule is COc1ccc(C#N)c(NCCS(C)=O)c1. The zero-order valence-electron chi connectivity index (χ0n) is 9.32. The highest BCUT2D eigenvalue weighted by molar-refractivity contribution is 7.84. The number of hydrogen-bond acceptors (Lipinski definition) is 4. The molecule has 0 saturated heterocycles. The molecular formula is C11H14N2O2S. The Kier molecular flexibility index (Phi) is 4.80. The smallest absolute Gasteiger partial charge is 0.121 e. The number of anilines is 1. The van der Waals surface area contributed by atoms with Gasteiger partial charge in [0.05, 0.1) is 18.4 Å². The van der Waals surface area contributed by atoms with E-state index in [0.717, 1.165) is 0 Å². The van der Waals surface area contributed by atoms with Crippen LogP contribution in [0, 0.1) is 11.3 Å². The number of nitrogens with one attached hydrogen (secondary N) is 1. The van der Waals surface area contributed by atoms with E-state index in [1.807, 2.05) is 0 Å². The highest BCUT2D eigenvalue weighted by atomic mass is 32.2. The van der Waals surface area contributed by atoms with Gasteiger partial charge in [-0.15, -0.1) is 0 Å². The van der Waals surface area contributed by atoms with E-state index < -0.39 is 10.8 Å². The Bertz CT molecular complexity index is 426. The summed E-state index contributed by atoms with van der Waals surface area (Å²) in [5.41, 5.74) is 1.27. The van der Waals surface area contributed by atoms with Crippen molar-refractivity contribution in [3.05, 3.63) is 23.8 Å². The maximum Gasteiger partial charge on any atom is 0.121 e. The predicted molar refractivity (Wildman–Crippen MR) is 65.1 cm³/mol. The summed E-state index contributed by atoms with van der Waals surface area (Å²) in [6, 6.07) is 7.29. The first kappa shape index (κ1) is 12.5. The molecular weight excluding hydrogens is 224 g/mol. The van der Waals surface area contributed by atoms with Crippen molar-refractivity contribution in [3.63, 3.8) is 0 Å². The zero-order valence-corrected chi connectivity index (χ0v) is 10.1. The molecule has 1 rings (SSSR count). The van der Waals surface area contributed by atoms with Gasteiger partial charge in [0.25, 0.3) is 0 Å². The molecule has 1 atom stereocenters. The lowest BCUT2D eigenvalue weighted by Gasteiger charge is -2.09. The monoisotopic (exact) mass is 238 g/mol. The minimum atomic E-state index is -0.832. The van der Waals surface area contributed by atoms with E-state index in [9.17, 15) is 4.21 Å². The molecule has 0 fully saturated rings. The average Bonchev–Trinajstić information content (AvgIpc) is 2.28. The van der Waals surface area contributed by atoms with E-state index in [0.29, 0.717) is 29.3 Å². The molecule has 16 heavy (non-hydrogen) atoms. The van der Waals surface area contributed by atoms with Crippen LogP contribution in [-0.4, -0.2) is 29.9 Å². The number of nitrogens with zero attached hydrogens (tertiary/aromatic N) is 1. The second-order valence-corrected chi connectivity index (χ2v) is 4.78. The fourth-order valence-electron chi connectivity index (χ4n) is 1.22. The number of nitriles is 1. The lowest BCUT2D eigenvalue weighted by atomic mass is 10.2. The van der Waals surface area contributed by atoms with E-state index >= 15 is 0 Å². The number of benzene rings is 1. The minimum Gasteiger partial charge on any atom is -0.497 e. The third-order valence-corrected chi connectivity index (χ3v) is 2.83. The van der Waals surface area contributed by atoms with Crippen LogP contribution in [0.1, 0.15) is 5.56 Å². The molecule has 0 saturated carbocycles. The Morgan fingerprint density at radius 2 is 2.31 bits per heavy atom. The molecule has 0 aliphatic heterocycles. The predicted octanol–water partition coefficient (Wildman–Crippen LogP) is 1.36. The summed E-state index contributed by atoms with van der Waals surface area (Å²) >= 11 is 0. The third kappa shape index (κ3) is 3.55. The molecule has 1 aromatic carbocycles. The Labute approximate surface area is 97.7 Å². The van der Waals surface area contributed by atoms with Crippen molar-refractivity contribution in [2.24, 2.45) is 0 Å². The molecule has 1 unspecified atom stereocenters. The first-order valence-electron chi connectivity index (χ1n) is 4.79. The number of methoxy groups -OCH3 is 1. The van der Waals surface area contributed by atoms with E-state index in [-0.39, 0.29) is 0 Å². The second-order valence-electron chi connectivity index (χ2n) is 3.23. The van der Waals surface area contributed by atoms with Crippen molar-refractivity contribution >= 4 is 16.5 Å². The quantitative estimate of drug-likeness (QED) is 0.841. The molecule has 4 nitrogen and oxygen atoms in total. The largest absolute Gasteiger partial charge is 0.497 e. The summed E-state index contributed by atoms with van der Waals surface area (Å²) in [5.74, 6) is 1.25. The summed E-state index contributed by atoms with van der Waals surface area (Å²) in [6.45, 7) is 0.574. The molecule has 0 aliphatic rings. The lowest BCUT2D eigenvalue weighted by molar-refractivity contribution is 0.415.